The fourth-order valence-electron chi connectivity index (χ4n) is 4.09. The van der Waals surface area contributed by atoms with E-state index in [1.807, 2.05) is 6.92 Å². The SMILES string of the molecule is C[C@H](C(=O)N[C@H]1CCCC[C@@H]1C)N1CCN(S(=O)(=O)c2ccc(Cl)cc2)CC1. The summed E-state index contributed by atoms with van der Waals surface area (Å²) in [4.78, 5) is 15.0. The highest BCUT2D eigenvalue weighted by atomic mass is 35.5. The molecule has 3 atom stereocenters. The van der Waals surface area contributed by atoms with Gasteiger partial charge in [-0.05, 0) is 49.9 Å². The van der Waals surface area contributed by atoms with E-state index in [4.69, 9.17) is 11.6 Å². The maximum Gasteiger partial charge on any atom is 0.243 e. The van der Waals surface area contributed by atoms with Crippen LogP contribution in [0.4, 0.5) is 0 Å². The van der Waals surface area contributed by atoms with Crippen molar-refractivity contribution >= 4 is 27.5 Å². The summed E-state index contributed by atoms with van der Waals surface area (Å²) in [5, 5.41) is 3.72. The second-order valence-corrected chi connectivity index (χ2v) is 10.3. The van der Waals surface area contributed by atoms with Crippen LogP contribution in [0.2, 0.25) is 5.02 Å². The summed E-state index contributed by atoms with van der Waals surface area (Å²) in [6, 6.07) is 6.24. The third-order valence-corrected chi connectivity index (χ3v) is 8.26. The van der Waals surface area contributed by atoms with Crippen LogP contribution in [0, 0.1) is 5.92 Å². The summed E-state index contributed by atoms with van der Waals surface area (Å²) in [5.74, 6) is 0.569. The molecule has 1 amide bonds. The van der Waals surface area contributed by atoms with Crippen molar-refractivity contribution in [2.24, 2.45) is 5.92 Å². The van der Waals surface area contributed by atoms with Crippen molar-refractivity contribution in [1.82, 2.24) is 14.5 Å². The van der Waals surface area contributed by atoms with Gasteiger partial charge in [-0.2, -0.15) is 4.31 Å². The molecular formula is C20H30ClN3O3S. The molecule has 2 fully saturated rings. The van der Waals surface area contributed by atoms with Gasteiger partial charge in [0.25, 0.3) is 0 Å². The number of halogens is 1. The van der Waals surface area contributed by atoms with Crippen molar-refractivity contribution < 1.29 is 13.2 Å². The number of sulfonamides is 1. The van der Waals surface area contributed by atoms with Crippen LogP contribution in [0.25, 0.3) is 0 Å². The van der Waals surface area contributed by atoms with Crippen LogP contribution in [0.1, 0.15) is 39.5 Å². The zero-order valence-electron chi connectivity index (χ0n) is 16.6. The van der Waals surface area contributed by atoms with Gasteiger partial charge in [0.1, 0.15) is 0 Å². The molecular weight excluding hydrogens is 398 g/mol. The Morgan fingerprint density at radius 3 is 2.32 bits per heavy atom. The maximum atomic E-state index is 12.8. The van der Waals surface area contributed by atoms with E-state index in [1.54, 1.807) is 12.1 Å². The normalized spacial score (nSPS) is 26.0. The van der Waals surface area contributed by atoms with Crippen LogP contribution >= 0.6 is 11.6 Å². The Morgan fingerprint density at radius 1 is 1.11 bits per heavy atom. The number of amides is 1. The first-order valence-electron chi connectivity index (χ1n) is 10.1. The molecule has 1 saturated heterocycles. The molecule has 1 saturated carbocycles. The lowest BCUT2D eigenvalue weighted by molar-refractivity contribution is -0.127. The molecule has 0 bridgehead atoms. The van der Waals surface area contributed by atoms with Gasteiger partial charge in [-0.25, -0.2) is 8.42 Å². The Balaban J connectivity index is 1.55. The van der Waals surface area contributed by atoms with Gasteiger partial charge in [0.2, 0.25) is 15.9 Å². The van der Waals surface area contributed by atoms with Crippen molar-refractivity contribution in [3.8, 4) is 0 Å². The molecule has 3 rings (SSSR count). The van der Waals surface area contributed by atoms with Gasteiger partial charge in [0, 0.05) is 37.2 Å². The average Bonchev–Trinajstić information content (AvgIpc) is 2.69. The molecule has 8 heteroatoms. The van der Waals surface area contributed by atoms with Gasteiger partial charge < -0.3 is 5.32 Å². The van der Waals surface area contributed by atoms with Crippen LogP contribution < -0.4 is 5.32 Å². The number of hydrogen-bond donors (Lipinski definition) is 1. The van der Waals surface area contributed by atoms with Gasteiger partial charge in [0.05, 0.1) is 10.9 Å². The lowest BCUT2D eigenvalue weighted by atomic mass is 9.86. The number of nitrogens with one attached hydrogen (secondary N) is 1. The molecule has 1 heterocycles. The van der Waals surface area contributed by atoms with Gasteiger partial charge in [0.15, 0.2) is 0 Å². The minimum absolute atomic E-state index is 0.0489. The summed E-state index contributed by atoms with van der Waals surface area (Å²) in [5.41, 5.74) is 0. The predicted octanol–water partition coefficient (Wildman–Crippen LogP) is 2.73. The van der Waals surface area contributed by atoms with Crippen LogP contribution in [0.15, 0.2) is 29.2 Å². The first-order chi connectivity index (χ1) is 13.3. The molecule has 1 N–H and O–H groups in total. The van der Waals surface area contributed by atoms with Crippen molar-refractivity contribution in [3.63, 3.8) is 0 Å². The van der Waals surface area contributed by atoms with Gasteiger partial charge in [-0.1, -0.05) is 31.4 Å². The number of carbonyl (C=O) groups is 1. The Hall–Kier alpha value is -1.15. The summed E-state index contributed by atoms with van der Waals surface area (Å²) < 4.78 is 27.1. The number of rotatable bonds is 5. The molecule has 1 aromatic carbocycles. The highest BCUT2D eigenvalue weighted by Crippen LogP contribution is 2.24. The van der Waals surface area contributed by atoms with E-state index in [0.717, 1.165) is 6.42 Å². The summed E-state index contributed by atoms with van der Waals surface area (Å²) in [7, 11) is -3.53. The second-order valence-electron chi connectivity index (χ2n) is 7.95. The molecule has 28 heavy (non-hydrogen) atoms. The number of carbonyl (C=O) groups excluding carboxylic acids is 1. The molecule has 2 aliphatic rings. The largest absolute Gasteiger partial charge is 0.352 e. The van der Waals surface area contributed by atoms with Crippen LogP contribution in [0.3, 0.4) is 0 Å². The van der Waals surface area contributed by atoms with E-state index in [-0.39, 0.29) is 22.9 Å². The molecule has 0 unspecified atom stereocenters. The summed E-state index contributed by atoms with van der Waals surface area (Å²) in [6.07, 6.45) is 4.63. The zero-order valence-corrected chi connectivity index (χ0v) is 18.2. The second kappa shape index (κ2) is 9.11. The molecule has 0 aromatic heterocycles. The summed E-state index contributed by atoms with van der Waals surface area (Å²) in [6.45, 7) is 5.95. The fraction of sp³-hybridized carbons (Fsp3) is 0.650. The fourth-order valence-corrected chi connectivity index (χ4v) is 5.63. The number of benzene rings is 1. The minimum atomic E-state index is -3.53. The highest BCUT2D eigenvalue weighted by molar-refractivity contribution is 7.89. The van der Waals surface area contributed by atoms with E-state index in [9.17, 15) is 13.2 Å². The van der Waals surface area contributed by atoms with E-state index < -0.39 is 10.0 Å². The maximum absolute atomic E-state index is 12.8. The Bertz CT molecular complexity index is 776. The highest BCUT2D eigenvalue weighted by Gasteiger charge is 2.33. The molecule has 156 valence electrons. The van der Waals surface area contributed by atoms with Crippen LogP contribution in [-0.4, -0.2) is 61.8 Å². The minimum Gasteiger partial charge on any atom is -0.352 e. The van der Waals surface area contributed by atoms with E-state index in [1.165, 1.54) is 35.7 Å². The molecule has 1 aromatic rings. The monoisotopic (exact) mass is 427 g/mol. The van der Waals surface area contributed by atoms with E-state index in [0.29, 0.717) is 37.1 Å². The summed E-state index contributed by atoms with van der Waals surface area (Å²) >= 11 is 5.86. The third kappa shape index (κ3) is 4.87. The standard InChI is InChI=1S/C20H30ClN3O3S/c1-15-5-3-4-6-19(15)22-20(25)16(2)23-11-13-24(14-12-23)28(26,27)18-9-7-17(21)8-10-18/h7-10,15-16,19H,3-6,11-14H2,1-2H3,(H,22,25)/t15-,16+,19-/m0/s1. The quantitative estimate of drug-likeness (QED) is 0.784. The average molecular weight is 428 g/mol. The Morgan fingerprint density at radius 2 is 1.71 bits per heavy atom. The van der Waals surface area contributed by atoms with Gasteiger partial charge in [-0.3, -0.25) is 9.69 Å². The van der Waals surface area contributed by atoms with E-state index >= 15 is 0 Å². The number of hydrogen-bond acceptors (Lipinski definition) is 4. The molecule has 0 spiro atoms. The van der Waals surface area contributed by atoms with E-state index in [2.05, 4.69) is 17.1 Å². The molecule has 1 aliphatic heterocycles. The number of piperazine rings is 1. The Kier molecular flexibility index (Phi) is 7.02. The first kappa shape index (κ1) is 21.6. The van der Waals surface area contributed by atoms with Gasteiger partial charge in [-0.15, -0.1) is 0 Å². The van der Waals surface area contributed by atoms with Crippen LogP contribution in [0.5, 0.6) is 0 Å². The lowest BCUT2D eigenvalue weighted by Crippen LogP contribution is -2.56. The molecule has 1 aliphatic carbocycles. The molecule has 6 nitrogen and oxygen atoms in total. The lowest BCUT2D eigenvalue weighted by Gasteiger charge is -2.38. The van der Waals surface area contributed by atoms with Crippen molar-refractivity contribution in [3.05, 3.63) is 29.3 Å². The number of nitrogens with zero attached hydrogens (tertiary/aromatic N) is 2. The first-order valence-corrected chi connectivity index (χ1v) is 11.9. The van der Waals surface area contributed by atoms with Crippen molar-refractivity contribution in [2.75, 3.05) is 26.2 Å². The Labute approximate surface area is 173 Å². The third-order valence-electron chi connectivity index (χ3n) is 6.09. The zero-order chi connectivity index (χ0) is 20.3. The molecule has 0 radical (unpaired) electrons. The smallest absolute Gasteiger partial charge is 0.243 e. The predicted molar refractivity (Wildman–Crippen MR) is 111 cm³/mol. The topological polar surface area (TPSA) is 69.7 Å². The van der Waals surface area contributed by atoms with Crippen molar-refractivity contribution in [1.29, 1.82) is 0 Å². The van der Waals surface area contributed by atoms with Gasteiger partial charge >= 0.3 is 0 Å². The van der Waals surface area contributed by atoms with Crippen molar-refractivity contribution in [2.45, 2.75) is 56.5 Å². The van der Waals surface area contributed by atoms with Crippen LogP contribution in [-0.2, 0) is 14.8 Å².